The van der Waals surface area contributed by atoms with Crippen LogP contribution >= 0.6 is 0 Å². The lowest BCUT2D eigenvalue weighted by molar-refractivity contribution is 0.412. The smallest absolute Gasteiger partial charge is 0.127 e. The highest BCUT2D eigenvalue weighted by Crippen LogP contribution is 2.28. The van der Waals surface area contributed by atoms with Crippen molar-refractivity contribution in [2.75, 3.05) is 7.11 Å². The molecule has 3 heteroatoms. The van der Waals surface area contributed by atoms with Gasteiger partial charge in [-0.3, -0.25) is 0 Å². The zero-order chi connectivity index (χ0) is 11.4. The summed E-state index contributed by atoms with van der Waals surface area (Å²) in [6.07, 6.45) is 0. The lowest BCUT2D eigenvalue weighted by Gasteiger charge is -2.08. The average molecular weight is 205 g/mol. The van der Waals surface area contributed by atoms with Gasteiger partial charge in [-0.2, -0.15) is 5.26 Å². The fraction of sp³-hybridized carbons (Fsp3) is 0.250. The number of hydrogen-bond donors (Lipinski definition) is 0. The Balaban J connectivity index is 3.42. The Morgan fingerprint density at radius 3 is 2.53 bits per heavy atom. The number of methoxy groups -OCH3 is 1. The van der Waals surface area contributed by atoms with Crippen LogP contribution in [0, 0.1) is 17.1 Å². The van der Waals surface area contributed by atoms with E-state index in [1.165, 1.54) is 25.3 Å². The number of nitriles is 1. The molecule has 0 atom stereocenters. The van der Waals surface area contributed by atoms with E-state index >= 15 is 0 Å². The Morgan fingerprint density at radius 1 is 1.40 bits per heavy atom. The topological polar surface area (TPSA) is 33.0 Å². The molecule has 1 rings (SSSR count). The molecule has 0 aliphatic carbocycles. The monoisotopic (exact) mass is 205 g/mol. The molecule has 78 valence electrons. The summed E-state index contributed by atoms with van der Waals surface area (Å²) in [6, 6.07) is 6.19. The van der Waals surface area contributed by atoms with E-state index in [9.17, 15) is 4.39 Å². The number of benzene rings is 1. The number of ether oxygens (including phenoxy) is 1. The van der Waals surface area contributed by atoms with Crippen molar-refractivity contribution in [3.8, 4) is 11.8 Å². The average Bonchev–Trinajstić information content (AvgIpc) is 2.18. The standard InChI is InChI=1S/C12H12FNO/c1-8(2)11(7-14)10-6-9(13)4-5-12(10)15-3/h4-6H,1-3H3. The van der Waals surface area contributed by atoms with Gasteiger partial charge in [-0.1, -0.05) is 5.57 Å². The fourth-order valence-corrected chi connectivity index (χ4v) is 1.32. The van der Waals surface area contributed by atoms with E-state index in [0.717, 1.165) is 5.57 Å². The molecule has 15 heavy (non-hydrogen) atoms. The molecule has 0 aliphatic heterocycles. The third kappa shape index (κ3) is 2.35. The molecule has 0 saturated carbocycles. The van der Waals surface area contributed by atoms with Crippen molar-refractivity contribution in [1.82, 2.24) is 0 Å². The van der Waals surface area contributed by atoms with Crippen LogP contribution in [-0.2, 0) is 0 Å². The number of halogens is 1. The zero-order valence-corrected chi connectivity index (χ0v) is 8.97. The first-order valence-corrected chi connectivity index (χ1v) is 4.51. The quantitative estimate of drug-likeness (QED) is 0.695. The Kier molecular flexibility index (Phi) is 3.46. The molecular weight excluding hydrogens is 193 g/mol. The van der Waals surface area contributed by atoms with Gasteiger partial charge in [0.05, 0.1) is 18.8 Å². The molecule has 0 unspecified atom stereocenters. The third-order valence-corrected chi connectivity index (χ3v) is 2.04. The number of nitrogens with zero attached hydrogens (tertiary/aromatic N) is 1. The van der Waals surface area contributed by atoms with Crippen LogP contribution in [0.5, 0.6) is 5.75 Å². The Bertz CT molecular complexity index is 439. The van der Waals surface area contributed by atoms with E-state index < -0.39 is 0 Å². The number of hydrogen-bond acceptors (Lipinski definition) is 2. The third-order valence-electron chi connectivity index (χ3n) is 2.04. The molecule has 1 aromatic carbocycles. The SMILES string of the molecule is COc1ccc(F)cc1C(C#N)=C(C)C. The largest absolute Gasteiger partial charge is 0.496 e. The predicted octanol–water partition coefficient (Wildman–Crippen LogP) is 3.15. The predicted molar refractivity (Wildman–Crippen MR) is 56.8 cm³/mol. The minimum atomic E-state index is -0.375. The van der Waals surface area contributed by atoms with Gasteiger partial charge in [-0.05, 0) is 32.0 Å². The number of allylic oxidation sites excluding steroid dienone is 2. The summed E-state index contributed by atoms with van der Waals surface area (Å²) in [6.45, 7) is 3.62. The van der Waals surface area contributed by atoms with Crippen molar-refractivity contribution < 1.29 is 9.13 Å². The van der Waals surface area contributed by atoms with Crippen molar-refractivity contribution in [3.05, 3.63) is 35.2 Å². The van der Waals surface area contributed by atoms with E-state index in [2.05, 4.69) is 6.07 Å². The Hall–Kier alpha value is -1.82. The second-order valence-corrected chi connectivity index (χ2v) is 3.33. The van der Waals surface area contributed by atoms with Crippen LogP contribution in [0.25, 0.3) is 5.57 Å². The summed E-state index contributed by atoms with van der Waals surface area (Å²) >= 11 is 0. The van der Waals surface area contributed by atoms with E-state index in [0.29, 0.717) is 16.9 Å². The van der Waals surface area contributed by atoms with Crippen LogP contribution < -0.4 is 4.74 Å². The Labute approximate surface area is 88.6 Å². The second kappa shape index (κ2) is 4.61. The van der Waals surface area contributed by atoms with Gasteiger partial charge in [-0.15, -0.1) is 0 Å². The molecule has 0 radical (unpaired) electrons. The summed E-state index contributed by atoms with van der Waals surface area (Å²) in [4.78, 5) is 0. The first-order chi connectivity index (χ1) is 7.10. The van der Waals surface area contributed by atoms with Crippen molar-refractivity contribution in [3.63, 3.8) is 0 Å². The molecule has 0 amide bonds. The van der Waals surface area contributed by atoms with Gasteiger partial charge in [0.25, 0.3) is 0 Å². The molecule has 0 fully saturated rings. The first kappa shape index (κ1) is 11.3. The molecule has 0 N–H and O–H groups in total. The minimum Gasteiger partial charge on any atom is -0.496 e. The van der Waals surface area contributed by atoms with Crippen LogP contribution in [0.1, 0.15) is 19.4 Å². The summed E-state index contributed by atoms with van der Waals surface area (Å²) < 4.78 is 18.1. The van der Waals surface area contributed by atoms with Gasteiger partial charge in [0.2, 0.25) is 0 Å². The normalized spacial score (nSPS) is 9.27. The molecule has 0 aliphatic rings. The van der Waals surface area contributed by atoms with Gasteiger partial charge in [-0.25, -0.2) is 4.39 Å². The van der Waals surface area contributed by atoms with Crippen LogP contribution in [0.2, 0.25) is 0 Å². The maximum atomic E-state index is 13.1. The van der Waals surface area contributed by atoms with Crippen LogP contribution in [0.3, 0.4) is 0 Å². The highest BCUT2D eigenvalue weighted by atomic mass is 19.1. The first-order valence-electron chi connectivity index (χ1n) is 4.51. The lowest BCUT2D eigenvalue weighted by Crippen LogP contribution is -1.93. The summed E-state index contributed by atoms with van der Waals surface area (Å²) in [5.41, 5.74) is 1.78. The summed E-state index contributed by atoms with van der Waals surface area (Å²) in [5, 5.41) is 8.97. The molecule has 0 bridgehead atoms. The number of rotatable bonds is 2. The van der Waals surface area contributed by atoms with Crippen molar-refractivity contribution in [1.29, 1.82) is 5.26 Å². The molecule has 0 spiro atoms. The highest BCUT2D eigenvalue weighted by Gasteiger charge is 2.10. The lowest BCUT2D eigenvalue weighted by atomic mass is 10.0. The fourth-order valence-electron chi connectivity index (χ4n) is 1.32. The molecule has 0 aromatic heterocycles. The van der Waals surface area contributed by atoms with E-state index in [1.54, 1.807) is 0 Å². The van der Waals surface area contributed by atoms with Gasteiger partial charge in [0.15, 0.2) is 0 Å². The molecular formula is C12H12FNO. The van der Waals surface area contributed by atoms with E-state index in [-0.39, 0.29) is 5.82 Å². The molecule has 0 saturated heterocycles. The molecule has 2 nitrogen and oxygen atoms in total. The summed E-state index contributed by atoms with van der Waals surface area (Å²) in [7, 11) is 1.50. The Morgan fingerprint density at radius 2 is 2.07 bits per heavy atom. The van der Waals surface area contributed by atoms with Crippen molar-refractivity contribution in [2.45, 2.75) is 13.8 Å². The van der Waals surface area contributed by atoms with Gasteiger partial charge < -0.3 is 4.74 Å². The zero-order valence-electron chi connectivity index (χ0n) is 8.97. The maximum absolute atomic E-state index is 13.1. The van der Waals surface area contributed by atoms with E-state index in [4.69, 9.17) is 10.00 Å². The van der Waals surface area contributed by atoms with Crippen molar-refractivity contribution in [2.24, 2.45) is 0 Å². The second-order valence-electron chi connectivity index (χ2n) is 3.33. The van der Waals surface area contributed by atoms with Crippen LogP contribution in [-0.4, -0.2) is 7.11 Å². The molecule has 0 heterocycles. The van der Waals surface area contributed by atoms with Gasteiger partial charge in [0.1, 0.15) is 11.6 Å². The maximum Gasteiger partial charge on any atom is 0.127 e. The highest BCUT2D eigenvalue weighted by molar-refractivity contribution is 5.82. The van der Waals surface area contributed by atoms with Crippen LogP contribution in [0.15, 0.2) is 23.8 Å². The van der Waals surface area contributed by atoms with Gasteiger partial charge >= 0.3 is 0 Å². The van der Waals surface area contributed by atoms with E-state index in [1.807, 2.05) is 13.8 Å². The van der Waals surface area contributed by atoms with Crippen molar-refractivity contribution >= 4 is 5.57 Å². The minimum absolute atomic E-state index is 0.375. The van der Waals surface area contributed by atoms with Crippen LogP contribution in [0.4, 0.5) is 4.39 Å². The summed E-state index contributed by atoms with van der Waals surface area (Å²) in [5.74, 6) is 0.133. The van der Waals surface area contributed by atoms with Gasteiger partial charge in [0, 0.05) is 5.56 Å². The molecule has 1 aromatic rings.